The van der Waals surface area contributed by atoms with Crippen LogP contribution in [0, 0.1) is 0 Å². The van der Waals surface area contributed by atoms with Gasteiger partial charge in [0.1, 0.15) is 6.54 Å². The molecule has 0 atom stereocenters. The molecule has 4 nitrogen and oxygen atoms in total. The number of quaternary nitrogens is 1. The van der Waals surface area contributed by atoms with E-state index in [1.165, 1.54) is 4.88 Å². The van der Waals surface area contributed by atoms with Gasteiger partial charge < -0.3 is 10.0 Å². The van der Waals surface area contributed by atoms with Crippen LogP contribution in [0.4, 0.5) is 0 Å². The van der Waals surface area contributed by atoms with Crippen LogP contribution in [0.25, 0.3) is 4.72 Å². The first-order valence-electron chi connectivity index (χ1n) is 4.31. The molecule has 0 unspecified atom stereocenters. The topological polar surface area (TPSA) is 64.8 Å². The van der Waals surface area contributed by atoms with E-state index >= 15 is 0 Å². The van der Waals surface area contributed by atoms with Crippen LogP contribution >= 0.6 is 11.3 Å². The lowest BCUT2D eigenvalue weighted by Gasteiger charge is -2.14. The third-order valence-electron chi connectivity index (χ3n) is 1.58. The summed E-state index contributed by atoms with van der Waals surface area (Å²) in [5.74, 6) is 0. The average molecular weight is 234 g/mol. The molecule has 6 heteroatoms. The van der Waals surface area contributed by atoms with Gasteiger partial charge in [0.15, 0.2) is 0 Å². The maximum atomic E-state index is 10.6. The number of nitrogens with two attached hydrogens (primary N) is 1. The highest BCUT2D eigenvalue weighted by Crippen LogP contribution is 2.05. The fourth-order valence-electron chi connectivity index (χ4n) is 0.983. The number of hydrogen-bond donors (Lipinski definition) is 1. The van der Waals surface area contributed by atoms with Gasteiger partial charge >= 0.3 is 0 Å². The summed E-state index contributed by atoms with van der Waals surface area (Å²) in [5, 5.41) is 4.09. The van der Waals surface area contributed by atoms with Gasteiger partial charge in [0.25, 0.3) is 0 Å². The maximum absolute atomic E-state index is 10.6. The molecule has 0 aliphatic rings. The molecule has 80 valence electrons. The van der Waals surface area contributed by atoms with Crippen molar-refractivity contribution in [2.24, 2.45) is 0 Å². The summed E-state index contributed by atoms with van der Waals surface area (Å²) in [5.41, 5.74) is 0. The van der Waals surface area contributed by atoms with Gasteiger partial charge in [0.05, 0.1) is 21.4 Å². The molecule has 1 heterocycles. The standard InChI is InChI=1S/C8H13N2O2S2/c1-14(11,12)10-5-4-9-7-8-3-2-6-13-8/h2-3,6,9H,4-5,7H2,1H3/q-1/p+1. The van der Waals surface area contributed by atoms with E-state index in [4.69, 9.17) is 0 Å². The summed E-state index contributed by atoms with van der Waals surface area (Å²) in [6.07, 6.45) is 1.12. The Bertz CT molecular complexity index is 345. The fraction of sp³-hybridized carbons (Fsp3) is 0.500. The van der Waals surface area contributed by atoms with E-state index in [1.54, 1.807) is 11.3 Å². The van der Waals surface area contributed by atoms with E-state index in [2.05, 4.69) is 16.1 Å². The lowest BCUT2D eigenvalue weighted by Crippen LogP contribution is -2.83. The molecule has 0 bridgehead atoms. The molecule has 0 aliphatic heterocycles. The van der Waals surface area contributed by atoms with Crippen LogP contribution in [0.15, 0.2) is 17.5 Å². The summed E-state index contributed by atoms with van der Waals surface area (Å²) >= 11 is 1.71. The number of hydrogen-bond acceptors (Lipinski definition) is 3. The van der Waals surface area contributed by atoms with E-state index in [-0.39, 0.29) is 0 Å². The number of rotatable bonds is 6. The molecule has 1 aromatic heterocycles. The molecule has 1 aromatic rings. The van der Waals surface area contributed by atoms with Crippen LogP contribution in [0.1, 0.15) is 4.88 Å². The smallest absolute Gasteiger partial charge is 0.111 e. The first-order chi connectivity index (χ1) is 6.58. The predicted octanol–water partition coefficient (Wildman–Crippen LogP) is 0.145. The van der Waals surface area contributed by atoms with Gasteiger partial charge in [0, 0.05) is 6.26 Å². The van der Waals surface area contributed by atoms with Crippen molar-refractivity contribution in [3.63, 3.8) is 0 Å². The molecule has 0 spiro atoms. The van der Waals surface area contributed by atoms with Gasteiger partial charge in [-0.1, -0.05) is 12.6 Å². The lowest BCUT2D eigenvalue weighted by molar-refractivity contribution is -0.667. The van der Waals surface area contributed by atoms with Crippen molar-refractivity contribution in [1.82, 2.24) is 0 Å². The number of sulfonamides is 1. The number of thiophene rings is 1. The van der Waals surface area contributed by atoms with E-state index in [1.807, 2.05) is 11.4 Å². The summed E-state index contributed by atoms with van der Waals surface area (Å²) in [4.78, 5) is 1.30. The van der Waals surface area contributed by atoms with Crippen LogP contribution in [0.3, 0.4) is 0 Å². The molecule has 0 radical (unpaired) electrons. The molecule has 0 amide bonds. The normalized spacial score (nSPS) is 11.8. The minimum absolute atomic E-state index is 0.365. The van der Waals surface area contributed by atoms with Gasteiger partial charge in [-0.3, -0.25) is 0 Å². The van der Waals surface area contributed by atoms with Crippen molar-refractivity contribution in [2.75, 3.05) is 19.3 Å². The second kappa shape index (κ2) is 5.45. The Labute approximate surface area is 88.4 Å². The highest BCUT2D eigenvalue weighted by atomic mass is 32.2. The van der Waals surface area contributed by atoms with E-state index < -0.39 is 10.0 Å². The van der Waals surface area contributed by atoms with Crippen molar-refractivity contribution < 1.29 is 13.7 Å². The van der Waals surface area contributed by atoms with E-state index in [9.17, 15) is 8.42 Å². The molecule has 2 N–H and O–H groups in total. The largest absolute Gasteiger partial charge is 0.545 e. The molecule has 0 saturated heterocycles. The van der Waals surface area contributed by atoms with Crippen LogP contribution < -0.4 is 5.32 Å². The third kappa shape index (κ3) is 5.33. The Kier molecular flexibility index (Phi) is 4.53. The Balaban J connectivity index is 2.06. The zero-order valence-corrected chi connectivity index (χ0v) is 9.64. The summed E-state index contributed by atoms with van der Waals surface area (Å²) in [6.45, 7) is 1.98. The molecule has 0 fully saturated rings. The fourth-order valence-corrected chi connectivity index (χ4v) is 2.12. The third-order valence-corrected chi connectivity index (χ3v) is 3.13. The molecule has 0 aliphatic carbocycles. The van der Waals surface area contributed by atoms with Gasteiger partial charge in [-0.2, -0.15) is 0 Å². The van der Waals surface area contributed by atoms with Gasteiger partial charge in [-0.05, 0) is 11.4 Å². The minimum Gasteiger partial charge on any atom is -0.545 e. The molecule has 0 aromatic carbocycles. The summed E-state index contributed by atoms with van der Waals surface area (Å²) in [7, 11) is -3.15. The SMILES string of the molecule is CS(=O)(=O)[N-]CC[NH2+]Cc1cccs1. The van der Waals surface area contributed by atoms with E-state index in [0.29, 0.717) is 13.1 Å². The minimum atomic E-state index is -3.15. The monoisotopic (exact) mass is 234 g/mol. The first kappa shape index (κ1) is 11.6. The second-order valence-corrected chi connectivity index (χ2v) is 5.70. The molecular formula is C8H14N2O2S2. The van der Waals surface area contributed by atoms with Crippen LogP contribution in [-0.4, -0.2) is 27.8 Å². The van der Waals surface area contributed by atoms with Crippen molar-refractivity contribution >= 4 is 21.4 Å². The summed E-state index contributed by atoms with van der Waals surface area (Å²) < 4.78 is 24.8. The first-order valence-corrected chi connectivity index (χ1v) is 7.03. The Morgan fingerprint density at radius 1 is 1.57 bits per heavy atom. The predicted molar refractivity (Wildman–Crippen MR) is 57.9 cm³/mol. The van der Waals surface area contributed by atoms with Crippen molar-refractivity contribution in [2.45, 2.75) is 6.54 Å². The van der Waals surface area contributed by atoms with Crippen molar-refractivity contribution in [1.29, 1.82) is 0 Å². The highest BCUT2D eigenvalue weighted by Gasteiger charge is 1.93. The van der Waals surface area contributed by atoms with Gasteiger partial charge in [0.2, 0.25) is 0 Å². The Morgan fingerprint density at radius 2 is 2.36 bits per heavy atom. The van der Waals surface area contributed by atoms with Crippen LogP contribution in [0.2, 0.25) is 0 Å². The maximum Gasteiger partial charge on any atom is 0.111 e. The van der Waals surface area contributed by atoms with Crippen molar-refractivity contribution in [3.8, 4) is 0 Å². The Morgan fingerprint density at radius 3 is 2.93 bits per heavy atom. The zero-order valence-electron chi connectivity index (χ0n) is 8.01. The molecule has 14 heavy (non-hydrogen) atoms. The highest BCUT2D eigenvalue weighted by molar-refractivity contribution is 7.93. The zero-order chi connectivity index (χ0) is 10.4. The van der Waals surface area contributed by atoms with Crippen LogP contribution in [-0.2, 0) is 16.6 Å². The number of nitrogens with zero attached hydrogens (tertiary/aromatic N) is 1. The molecule has 0 saturated carbocycles. The molecular weight excluding hydrogens is 220 g/mol. The van der Waals surface area contributed by atoms with Gasteiger partial charge in [-0.15, -0.1) is 11.3 Å². The lowest BCUT2D eigenvalue weighted by atomic mass is 10.4. The average Bonchev–Trinajstić information content (AvgIpc) is 2.54. The summed E-state index contributed by atoms with van der Waals surface area (Å²) in [6, 6.07) is 4.07. The van der Waals surface area contributed by atoms with Gasteiger partial charge in [-0.25, -0.2) is 8.42 Å². The van der Waals surface area contributed by atoms with E-state index in [0.717, 1.165) is 12.8 Å². The Hall–Kier alpha value is -0.430. The second-order valence-electron chi connectivity index (χ2n) is 2.95. The van der Waals surface area contributed by atoms with Crippen LogP contribution in [0.5, 0.6) is 0 Å². The quantitative estimate of drug-likeness (QED) is 0.712. The molecule has 1 rings (SSSR count). The van der Waals surface area contributed by atoms with Crippen molar-refractivity contribution in [3.05, 3.63) is 27.1 Å².